The topological polar surface area (TPSA) is 103 Å². The highest BCUT2D eigenvalue weighted by Crippen LogP contribution is 2.33. The van der Waals surface area contributed by atoms with Gasteiger partial charge in [0.2, 0.25) is 12.3 Å². The molecule has 3 amide bonds. The summed E-state index contributed by atoms with van der Waals surface area (Å²) in [6.45, 7) is 8.47. The van der Waals surface area contributed by atoms with Crippen molar-refractivity contribution in [2.75, 3.05) is 13.1 Å². The molecule has 31 heavy (non-hydrogen) atoms. The molecule has 9 nitrogen and oxygen atoms in total. The summed E-state index contributed by atoms with van der Waals surface area (Å²) in [5, 5.41) is 2.12. The number of benzene rings is 1. The Morgan fingerprint density at radius 1 is 1.29 bits per heavy atom. The number of likely N-dealkylation sites (tertiary alicyclic amines) is 1. The zero-order chi connectivity index (χ0) is 22.9. The number of amides is 3. The van der Waals surface area contributed by atoms with Crippen LogP contribution in [0.5, 0.6) is 0 Å². The summed E-state index contributed by atoms with van der Waals surface area (Å²) in [5.41, 5.74) is 1.95. The maximum Gasteiger partial charge on any atom is 0.410 e. The lowest BCUT2D eigenvalue weighted by atomic mass is 9.90. The highest BCUT2D eigenvalue weighted by atomic mass is 16.6. The number of para-hydroxylation sites is 1. The van der Waals surface area contributed by atoms with Gasteiger partial charge >= 0.3 is 11.8 Å². The van der Waals surface area contributed by atoms with Crippen molar-refractivity contribution in [1.82, 2.24) is 19.4 Å². The van der Waals surface area contributed by atoms with E-state index in [9.17, 15) is 19.2 Å². The van der Waals surface area contributed by atoms with Crippen LogP contribution >= 0.6 is 0 Å². The van der Waals surface area contributed by atoms with E-state index in [0.717, 1.165) is 16.6 Å². The highest BCUT2D eigenvalue weighted by Gasteiger charge is 2.36. The number of fused-ring (bicyclic) bond motifs is 1. The molecule has 1 N–H and O–H groups in total. The van der Waals surface area contributed by atoms with Crippen molar-refractivity contribution in [3.8, 4) is 0 Å². The minimum atomic E-state index is -0.540. The number of carbonyl (C=O) groups excluding carboxylic acids is 3. The maximum atomic E-state index is 13.0. The summed E-state index contributed by atoms with van der Waals surface area (Å²) in [5.74, 6) is -0.251. The molecule has 1 aliphatic heterocycles. The van der Waals surface area contributed by atoms with Gasteiger partial charge in [0.25, 0.3) is 0 Å². The van der Waals surface area contributed by atoms with Crippen molar-refractivity contribution in [2.24, 2.45) is 7.05 Å². The molecule has 9 heteroatoms. The number of ether oxygens (including phenoxy) is 1. The fourth-order valence-electron chi connectivity index (χ4n) is 3.98. The van der Waals surface area contributed by atoms with Gasteiger partial charge in [-0.3, -0.25) is 24.0 Å². The standard InChI is InChI=1S/C22H30N4O5/c1-14(9-10-18(28)23-13-27)26-17-8-6-7-16(19(17)24(5)20(26)29)15-11-25(12-15)21(30)31-22(2,3)4/h6-8,13-15H,9-12H2,1-5H3,(H,23,27,28). The van der Waals surface area contributed by atoms with Crippen molar-refractivity contribution < 1.29 is 19.1 Å². The first-order chi connectivity index (χ1) is 14.5. The SMILES string of the molecule is CC(CCC(=O)NC=O)n1c(=O)n(C)c2c(C3CN(C(=O)OC(C)(C)C)C3)cccc21. The Hall–Kier alpha value is -3.10. The van der Waals surface area contributed by atoms with Crippen LogP contribution in [0.1, 0.15) is 58.1 Å². The van der Waals surface area contributed by atoms with Crippen molar-refractivity contribution in [3.05, 3.63) is 34.2 Å². The van der Waals surface area contributed by atoms with Crippen LogP contribution in [0.15, 0.2) is 23.0 Å². The number of aromatic nitrogens is 2. The van der Waals surface area contributed by atoms with E-state index in [4.69, 9.17) is 4.74 Å². The molecule has 2 heterocycles. The molecule has 0 bridgehead atoms. The zero-order valence-electron chi connectivity index (χ0n) is 18.7. The van der Waals surface area contributed by atoms with Gasteiger partial charge in [0, 0.05) is 38.5 Å². The number of imide groups is 1. The van der Waals surface area contributed by atoms with Crippen molar-refractivity contribution >= 4 is 29.4 Å². The predicted molar refractivity (Wildman–Crippen MR) is 116 cm³/mol. The van der Waals surface area contributed by atoms with E-state index in [-0.39, 0.29) is 36.1 Å². The molecule has 1 atom stereocenters. The van der Waals surface area contributed by atoms with Crippen LogP contribution in [0, 0.1) is 0 Å². The largest absolute Gasteiger partial charge is 0.444 e. The third kappa shape index (κ3) is 4.65. The third-order valence-corrected chi connectivity index (χ3v) is 5.56. The number of rotatable bonds is 6. The molecule has 1 aliphatic rings. The fraction of sp³-hybridized carbons (Fsp3) is 0.545. The summed E-state index contributed by atoms with van der Waals surface area (Å²) >= 11 is 0. The molecule has 0 radical (unpaired) electrons. The molecule has 1 unspecified atom stereocenters. The Morgan fingerprint density at radius 3 is 2.58 bits per heavy atom. The van der Waals surface area contributed by atoms with E-state index < -0.39 is 5.60 Å². The van der Waals surface area contributed by atoms with E-state index in [1.807, 2.05) is 45.9 Å². The Morgan fingerprint density at radius 2 is 1.97 bits per heavy atom. The summed E-state index contributed by atoms with van der Waals surface area (Å²) in [6.07, 6.45) is 0.613. The minimum Gasteiger partial charge on any atom is -0.444 e. The molecule has 1 fully saturated rings. The van der Waals surface area contributed by atoms with Gasteiger partial charge in [0.1, 0.15) is 5.60 Å². The molecule has 1 aromatic carbocycles. The first-order valence-electron chi connectivity index (χ1n) is 10.4. The van der Waals surface area contributed by atoms with Gasteiger partial charge in [-0.1, -0.05) is 12.1 Å². The first-order valence-corrected chi connectivity index (χ1v) is 10.4. The van der Waals surface area contributed by atoms with Gasteiger partial charge in [-0.2, -0.15) is 0 Å². The second-order valence-corrected chi connectivity index (χ2v) is 9.08. The molecule has 2 aromatic rings. The molecule has 168 valence electrons. The lowest BCUT2D eigenvalue weighted by Gasteiger charge is -2.40. The number of hydrogen-bond acceptors (Lipinski definition) is 5. The molecule has 1 saturated heterocycles. The molecule has 0 spiro atoms. The van der Waals surface area contributed by atoms with E-state index in [2.05, 4.69) is 5.32 Å². The van der Waals surface area contributed by atoms with Gasteiger partial charge in [0.15, 0.2) is 0 Å². The number of imidazole rings is 1. The molecule has 3 rings (SSSR count). The fourth-order valence-corrected chi connectivity index (χ4v) is 3.98. The lowest BCUT2D eigenvalue weighted by molar-refractivity contribution is -0.125. The van der Waals surface area contributed by atoms with Crippen molar-refractivity contribution in [2.45, 2.75) is 58.1 Å². The molecule has 0 aliphatic carbocycles. The van der Waals surface area contributed by atoms with Crippen LogP contribution in [0.2, 0.25) is 0 Å². The summed E-state index contributed by atoms with van der Waals surface area (Å²) in [7, 11) is 1.74. The lowest BCUT2D eigenvalue weighted by Crippen LogP contribution is -2.50. The van der Waals surface area contributed by atoms with E-state index in [1.165, 1.54) is 0 Å². The summed E-state index contributed by atoms with van der Waals surface area (Å²) in [4.78, 5) is 48.9. The quantitative estimate of drug-likeness (QED) is 0.709. The number of nitrogens with zero attached hydrogens (tertiary/aromatic N) is 3. The average Bonchev–Trinajstić information content (AvgIpc) is 2.89. The Kier molecular flexibility index (Phi) is 6.24. The van der Waals surface area contributed by atoms with Gasteiger partial charge in [0.05, 0.1) is 11.0 Å². The van der Waals surface area contributed by atoms with Crippen LogP contribution in [-0.2, 0) is 21.4 Å². The van der Waals surface area contributed by atoms with Crippen LogP contribution in [0.25, 0.3) is 11.0 Å². The van der Waals surface area contributed by atoms with Crippen LogP contribution in [0.3, 0.4) is 0 Å². The van der Waals surface area contributed by atoms with E-state index in [1.54, 1.807) is 21.1 Å². The normalized spacial score (nSPS) is 15.5. The number of aryl methyl sites for hydroxylation is 1. The Labute approximate surface area is 180 Å². The molecular formula is C22H30N4O5. The van der Waals surface area contributed by atoms with Crippen LogP contribution in [0.4, 0.5) is 4.79 Å². The minimum absolute atomic E-state index is 0.117. The number of hydrogen-bond donors (Lipinski definition) is 1. The predicted octanol–water partition coefficient (Wildman–Crippen LogP) is 2.29. The Bertz CT molecular complexity index is 1060. The smallest absolute Gasteiger partial charge is 0.410 e. The van der Waals surface area contributed by atoms with E-state index in [0.29, 0.717) is 25.9 Å². The third-order valence-electron chi connectivity index (χ3n) is 5.56. The van der Waals surface area contributed by atoms with Gasteiger partial charge in [-0.05, 0) is 45.7 Å². The zero-order valence-corrected chi connectivity index (χ0v) is 18.7. The van der Waals surface area contributed by atoms with Crippen molar-refractivity contribution in [3.63, 3.8) is 0 Å². The average molecular weight is 431 g/mol. The second kappa shape index (κ2) is 8.56. The Balaban J connectivity index is 1.82. The molecular weight excluding hydrogens is 400 g/mol. The highest BCUT2D eigenvalue weighted by molar-refractivity contribution is 5.85. The van der Waals surface area contributed by atoms with Crippen LogP contribution in [-0.4, -0.2) is 51.1 Å². The first kappa shape index (κ1) is 22.6. The van der Waals surface area contributed by atoms with Gasteiger partial charge < -0.3 is 9.64 Å². The summed E-state index contributed by atoms with van der Waals surface area (Å²) < 4.78 is 8.75. The van der Waals surface area contributed by atoms with Gasteiger partial charge in [-0.15, -0.1) is 0 Å². The van der Waals surface area contributed by atoms with Crippen LogP contribution < -0.4 is 11.0 Å². The maximum absolute atomic E-state index is 13.0. The van der Waals surface area contributed by atoms with Crippen molar-refractivity contribution in [1.29, 1.82) is 0 Å². The number of nitrogens with one attached hydrogen (secondary N) is 1. The monoisotopic (exact) mass is 430 g/mol. The van der Waals surface area contributed by atoms with Gasteiger partial charge in [-0.25, -0.2) is 9.59 Å². The molecule has 0 saturated carbocycles. The number of carbonyl (C=O) groups is 3. The van der Waals surface area contributed by atoms with E-state index >= 15 is 0 Å². The summed E-state index contributed by atoms with van der Waals surface area (Å²) in [6, 6.07) is 5.58. The molecule has 1 aromatic heterocycles. The second-order valence-electron chi connectivity index (χ2n) is 9.08.